The van der Waals surface area contributed by atoms with Gasteiger partial charge in [0.05, 0.1) is 17.6 Å². The van der Waals surface area contributed by atoms with Crippen molar-refractivity contribution in [2.24, 2.45) is 11.1 Å². The van der Waals surface area contributed by atoms with Crippen molar-refractivity contribution in [1.82, 2.24) is 0 Å². The Morgan fingerprint density at radius 3 is 2.31 bits per heavy atom. The van der Waals surface area contributed by atoms with Crippen LogP contribution in [0.25, 0.3) is 0 Å². The summed E-state index contributed by atoms with van der Waals surface area (Å²) in [6.07, 6.45) is 2.80. The second-order valence-electron chi connectivity index (χ2n) is 5.82. The highest BCUT2D eigenvalue weighted by Gasteiger charge is 2.42. The van der Waals surface area contributed by atoms with Crippen molar-refractivity contribution in [3.8, 4) is 0 Å². The fourth-order valence-electron chi connectivity index (χ4n) is 1.97. The summed E-state index contributed by atoms with van der Waals surface area (Å²) < 4.78 is 5.65. The lowest BCUT2D eigenvalue weighted by Crippen LogP contribution is -2.44. The number of ether oxygens (including phenoxy) is 1. The highest BCUT2D eigenvalue weighted by atomic mass is 16.5. The van der Waals surface area contributed by atoms with Gasteiger partial charge < -0.3 is 15.6 Å². The number of carbonyl (C=O) groups is 1. The predicted octanol–water partition coefficient (Wildman–Crippen LogP) is 1.77. The van der Waals surface area contributed by atoms with E-state index in [9.17, 15) is 9.90 Å². The second kappa shape index (κ2) is 4.72. The molecule has 4 nitrogen and oxygen atoms in total. The molecule has 0 bridgehead atoms. The highest BCUT2D eigenvalue weighted by molar-refractivity contribution is 5.75. The highest BCUT2D eigenvalue weighted by Crippen LogP contribution is 2.37. The van der Waals surface area contributed by atoms with Crippen molar-refractivity contribution in [3.63, 3.8) is 0 Å². The molecule has 0 radical (unpaired) electrons. The Balaban J connectivity index is 2.64. The Kier molecular flexibility index (Phi) is 3.97. The zero-order valence-corrected chi connectivity index (χ0v) is 10.5. The molecule has 16 heavy (non-hydrogen) atoms. The number of rotatable bonds is 3. The number of nitrogens with two attached hydrogens (primary N) is 1. The van der Waals surface area contributed by atoms with Gasteiger partial charge >= 0.3 is 5.97 Å². The van der Waals surface area contributed by atoms with Crippen LogP contribution in [0.1, 0.15) is 46.5 Å². The van der Waals surface area contributed by atoms with Crippen LogP contribution >= 0.6 is 0 Å². The van der Waals surface area contributed by atoms with Gasteiger partial charge in [-0.05, 0) is 46.5 Å². The van der Waals surface area contributed by atoms with Crippen molar-refractivity contribution < 1.29 is 14.6 Å². The van der Waals surface area contributed by atoms with Gasteiger partial charge in [0.2, 0.25) is 0 Å². The average Bonchev–Trinajstić information content (AvgIpc) is 2.16. The molecule has 0 spiro atoms. The molecule has 0 aromatic heterocycles. The number of hydrogen-bond donors (Lipinski definition) is 2. The zero-order valence-electron chi connectivity index (χ0n) is 10.5. The smallest absolute Gasteiger partial charge is 0.311 e. The third-order valence-electron chi connectivity index (χ3n) is 3.22. The number of aliphatic carboxylic acids is 1. The van der Waals surface area contributed by atoms with Gasteiger partial charge in [-0.1, -0.05) is 0 Å². The molecule has 0 aromatic carbocycles. The largest absolute Gasteiger partial charge is 0.481 e. The molecule has 94 valence electrons. The molecule has 0 heterocycles. The SMILES string of the molecule is CC(C)(C)OCC1(C(=O)O)CCC(N)CC1. The topological polar surface area (TPSA) is 72.5 Å². The van der Waals surface area contributed by atoms with Crippen molar-refractivity contribution in [3.05, 3.63) is 0 Å². The van der Waals surface area contributed by atoms with Gasteiger partial charge in [-0.3, -0.25) is 4.79 Å². The molecule has 0 unspecified atom stereocenters. The normalized spacial score (nSPS) is 31.4. The van der Waals surface area contributed by atoms with E-state index < -0.39 is 11.4 Å². The standard InChI is InChI=1S/C12H23NO3/c1-11(2,3)16-8-12(10(14)15)6-4-9(13)5-7-12/h9H,4-8,13H2,1-3H3,(H,14,15). The van der Waals surface area contributed by atoms with Crippen LogP contribution in [0.15, 0.2) is 0 Å². The average molecular weight is 229 g/mol. The minimum absolute atomic E-state index is 0.155. The molecule has 1 aliphatic rings. The molecule has 1 saturated carbocycles. The molecule has 4 heteroatoms. The summed E-state index contributed by atoms with van der Waals surface area (Å²) in [5, 5.41) is 9.35. The van der Waals surface area contributed by atoms with Crippen LogP contribution in [-0.2, 0) is 9.53 Å². The lowest BCUT2D eigenvalue weighted by atomic mass is 9.73. The first-order valence-corrected chi connectivity index (χ1v) is 5.88. The Bertz CT molecular complexity index is 249. The molecule has 0 atom stereocenters. The fourth-order valence-corrected chi connectivity index (χ4v) is 1.97. The van der Waals surface area contributed by atoms with Gasteiger partial charge in [0.15, 0.2) is 0 Å². The number of carboxylic acids is 1. The van der Waals surface area contributed by atoms with Gasteiger partial charge in [0.25, 0.3) is 0 Å². The van der Waals surface area contributed by atoms with E-state index in [0.29, 0.717) is 19.4 Å². The van der Waals surface area contributed by atoms with Crippen LogP contribution < -0.4 is 5.73 Å². The van der Waals surface area contributed by atoms with E-state index in [1.807, 2.05) is 20.8 Å². The maximum atomic E-state index is 11.4. The molecule has 0 aliphatic heterocycles. The van der Waals surface area contributed by atoms with Crippen molar-refractivity contribution in [2.45, 2.75) is 58.1 Å². The summed E-state index contributed by atoms with van der Waals surface area (Å²) in [5.41, 5.74) is 4.80. The van der Waals surface area contributed by atoms with Crippen LogP contribution in [-0.4, -0.2) is 29.3 Å². The van der Waals surface area contributed by atoms with E-state index in [0.717, 1.165) is 12.8 Å². The van der Waals surface area contributed by atoms with E-state index >= 15 is 0 Å². The van der Waals surface area contributed by atoms with Gasteiger partial charge in [-0.15, -0.1) is 0 Å². The Morgan fingerprint density at radius 2 is 1.94 bits per heavy atom. The summed E-state index contributed by atoms with van der Waals surface area (Å²) >= 11 is 0. The molecular formula is C12H23NO3. The molecule has 3 N–H and O–H groups in total. The third kappa shape index (κ3) is 3.46. The Morgan fingerprint density at radius 1 is 1.44 bits per heavy atom. The van der Waals surface area contributed by atoms with Crippen molar-refractivity contribution in [2.75, 3.05) is 6.61 Å². The van der Waals surface area contributed by atoms with Crippen LogP contribution in [0.5, 0.6) is 0 Å². The molecule has 0 saturated heterocycles. The lowest BCUT2D eigenvalue weighted by Gasteiger charge is -2.37. The fraction of sp³-hybridized carbons (Fsp3) is 0.917. The molecule has 1 rings (SSSR count). The maximum absolute atomic E-state index is 11.4. The Labute approximate surface area is 97.2 Å². The first-order valence-electron chi connectivity index (χ1n) is 5.88. The van der Waals surface area contributed by atoms with E-state index in [2.05, 4.69) is 0 Å². The summed E-state index contributed by atoms with van der Waals surface area (Å²) in [6, 6.07) is 0.155. The Hall–Kier alpha value is -0.610. The summed E-state index contributed by atoms with van der Waals surface area (Å²) in [6.45, 7) is 6.11. The van der Waals surface area contributed by atoms with E-state index in [1.54, 1.807) is 0 Å². The summed E-state index contributed by atoms with van der Waals surface area (Å²) in [5.74, 6) is -0.747. The van der Waals surface area contributed by atoms with Crippen LogP contribution in [0.4, 0.5) is 0 Å². The van der Waals surface area contributed by atoms with E-state index in [-0.39, 0.29) is 11.6 Å². The number of hydrogen-bond acceptors (Lipinski definition) is 3. The molecular weight excluding hydrogens is 206 g/mol. The van der Waals surface area contributed by atoms with Crippen molar-refractivity contribution >= 4 is 5.97 Å². The maximum Gasteiger partial charge on any atom is 0.311 e. The van der Waals surface area contributed by atoms with Gasteiger partial charge in [0, 0.05) is 6.04 Å². The first-order chi connectivity index (χ1) is 7.25. The molecule has 1 fully saturated rings. The van der Waals surface area contributed by atoms with Gasteiger partial charge in [-0.2, -0.15) is 0 Å². The first kappa shape index (κ1) is 13.5. The van der Waals surface area contributed by atoms with Crippen LogP contribution in [0.3, 0.4) is 0 Å². The van der Waals surface area contributed by atoms with E-state index in [1.165, 1.54) is 0 Å². The molecule has 0 amide bonds. The molecule has 1 aliphatic carbocycles. The monoisotopic (exact) mass is 229 g/mol. The molecule has 0 aromatic rings. The van der Waals surface area contributed by atoms with Gasteiger partial charge in [0.1, 0.15) is 0 Å². The minimum atomic E-state index is -0.747. The quantitative estimate of drug-likeness (QED) is 0.773. The minimum Gasteiger partial charge on any atom is -0.481 e. The summed E-state index contributed by atoms with van der Waals surface area (Å²) in [7, 11) is 0. The predicted molar refractivity (Wildman–Crippen MR) is 62.2 cm³/mol. The van der Waals surface area contributed by atoms with Crippen LogP contribution in [0, 0.1) is 5.41 Å². The van der Waals surface area contributed by atoms with Crippen molar-refractivity contribution in [1.29, 1.82) is 0 Å². The van der Waals surface area contributed by atoms with Gasteiger partial charge in [-0.25, -0.2) is 0 Å². The number of carboxylic acid groups (broad SMARTS) is 1. The van der Waals surface area contributed by atoms with Crippen LogP contribution in [0.2, 0.25) is 0 Å². The van der Waals surface area contributed by atoms with E-state index in [4.69, 9.17) is 10.5 Å². The zero-order chi connectivity index (χ0) is 12.4. The third-order valence-corrected chi connectivity index (χ3v) is 3.22. The second-order valence-corrected chi connectivity index (χ2v) is 5.82. The summed E-state index contributed by atoms with van der Waals surface area (Å²) in [4.78, 5) is 11.4. The lowest BCUT2D eigenvalue weighted by molar-refractivity contribution is -0.160.